The summed E-state index contributed by atoms with van der Waals surface area (Å²) in [6, 6.07) is 14.0. The highest BCUT2D eigenvalue weighted by Gasteiger charge is 2.10. The Labute approximate surface area is 138 Å². The predicted octanol–water partition coefficient (Wildman–Crippen LogP) is 4.39. The number of nitrogens with one attached hydrogen (secondary N) is 1. The van der Waals surface area contributed by atoms with Crippen molar-refractivity contribution in [2.24, 2.45) is 0 Å². The normalized spacial score (nSPS) is 10.4. The van der Waals surface area contributed by atoms with Gasteiger partial charge in [0, 0.05) is 5.69 Å². The number of carbonyl (C=O) groups is 1. The second kappa shape index (κ2) is 8.37. The molecular formula is C20H25NO2. The summed E-state index contributed by atoms with van der Waals surface area (Å²) >= 11 is 0. The fourth-order valence-electron chi connectivity index (χ4n) is 2.55. The van der Waals surface area contributed by atoms with Gasteiger partial charge in [-0.05, 0) is 48.1 Å². The zero-order valence-corrected chi connectivity index (χ0v) is 14.2. The van der Waals surface area contributed by atoms with Gasteiger partial charge < -0.3 is 10.1 Å². The second-order valence-corrected chi connectivity index (χ2v) is 5.49. The Morgan fingerprint density at radius 3 is 2.04 bits per heavy atom. The van der Waals surface area contributed by atoms with Crippen molar-refractivity contribution in [3.63, 3.8) is 0 Å². The molecule has 3 nitrogen and oxygen atoms in total. The SMILES string of the molecule is CCc1ccc(OCC(=O)Nc2c(CC)cccc2CC)cc1. The highest BCUT2D eigenvalue weighted by molar-refractivity contribution is 5.93. The summed E-state index contributed by atoms with van der Waals surface area (Å²) in [5.41, 5.74) is 4.51. The third-order valence-electron chi connectivity index (χ3n) is 3.96. The molecule has 1 N–H and O–H groups in total. The number of carbonyl (C=O) groups excluding carboxylic acids is 1. The minimum atomic E-state index is -0.125. The van der Waals surface area contributed by atoms with Crippen LogP contribution in [-0.4, -0.2) is 12.5 Å². The molecule has 0 aliphatic heterocycles. The van der Waals surface area contributed by atoms with E-state index < -0.39 is 0 Å². The minimum absolute atomic E-state index is 0.0205. The topological polar surface area (TPSA) is 38.3 Å². The number of para-hydroxylation sites is 1. The third-order valence-corrected chi connectivity index (χ3v) is 3.96. The highest BCUT2D eigenvalue weighted by atomic mass is 16.5. The Morgan fingerprint density at radius 1 is 0.913 bits per heavy atom. The Morgan fingerprint density at radius 2 is 1.52 bits per heavy atom. The molecule has 0 saturated heterocycles. The van der Waals surface area contributed by atoms with Gasteiger partial charge >= 0.3 is 0 Å². The van der Waals surface area contributed by atoms with Crippen molar-refractivity contribution in [3.05, 3.63) is 59.2 Å². The van der Waals surface area contributed by atoms with E-state index in [2.05, 4.69) is 38.2 Å². The van der Waals surface area contributed by atoms with Gasteiger partial charge in [-0.25, -0.2) is 0 Å². The van der Waals surface area contributed by atoms with Crippen LogP contribution in [0.5, 0.6) is 5.75 Å². The van der Waals surface area contributed by atoms with Gasteiger partial charge in [0.05, 0.1) is 0 Å². The number of ether oxygens (including phenoxy) is 1. The van der Waals surface area contributed by atoms with Gasteiger partial charge in [0.25, 0.3) is 5.91 Å². The van der Waals surface area contributed by atoms with E-state index in [1.165, 1.54) is 5.56 Å². The van der Waals surface area contributed by atoms with Crippen LogP contribution in [0.3, 0.4) is 0 Å². The zero-order chi connectivity index (χ0) is 16.7. The summed E-state index contributed by atoms with van der Waals surface area (Å²) in [5, 5.41) is 3.01. The summed E-state index contributed by atoms with van der Waals surface area (Å²) in [6.45, 7) is 6.32. The summed E-state index contributed by atoms with van der Waals surface area (Å²) < 4.78 is 5.57. The van der Waals surface area contributed by atoms with E-state index in [-0.39, 0.29) is 12.5 Å². The Kier molecular flexibility index (Phi) is 6.21. The molecule has 0 fully saturated rings. The molecule has 122 valence electrons. The van der Waals surface area contributed by atoms with Gasteiger partial charge in [-0.15, -0.1) is 0 Å². The monoisotopic (exact) mass is 311 g/mol. The number of hydrogen-bond acceptors (Lipinski definition) is 2. The van der Waals surface area contributed by atoms with E-state index in [0.717, 1.165) is 41.8 Å². The van der Waals surface area contributed by atoms with Crippen molar-refractivity contribution in [1.82, 2.24) is 0 Å². The summed E-state index contributed by atoms with van der Waals surface area (Å²) in [7, 11) is 0. The average molecular weight is 311 g/mol. The van der Waals surface area contributed by atoms with Gasteiger partial charge in [-0.3, -0.25) is 4.79 Å². The van der Waals surface area contributed by atoms with E-state index in [9.17, 15) is 4.79 Å². The molecule has 0 heterocycles. The van der Waals surface area contributed by atoms with Crippen LogP contribution < -0.4 is 10.1 Å². The third kappa shape index (κ3) is 4.59. The van der Waals surface area contributed by atoms with E-state index in [0.29, 0.717) is 0 Å². The molecule has 2 aromatic carbocycles. The van der Waals surface area contributed by atoms with E-state index >= 15 is 0 Å². The minimum Gasteiger partial charge on any atom is -0.484 e. The van der Waals surface area contributed by atoms with Crippen molar-refractivity contribution in [3.8, 4) is 5.75 Å². The number of rotatable bonds is 7. The number of anilines is 1. The highest BCUT2D eigenvalue weighted by Crippen LogP contribution is 2.22. The first-order valence-electron chi connectivity index (χ1n) is 8.30. The maximum Gasteiger partial charge on any atom is 0.262 e. The lowest BCUT2D eigenvalue weighted by Gasteiger charge is -2.14. The molecule has 0 aliphatic carbocycles. The maximum atomic E-state index is 12.2. The first-order chi connectivity index (χ1) is 11.2. The van der Waals surface area contributed by atoms with Crippen LogP contribution in [0, 0.1) is 0 Å². The molecule has 2 rings (SSSR count). The Bertz CT molecular complexity index is 625. The van der Waals surface area contributed by atoms with Crippen LogP contribution in [0.25, 0.3) is 0 Å². The molecule has 1 amide bonds. The Balaban J connectivity index is 1.99. The summed E-state index contributed by atoms with van der Waals surface area (Å²) in [5.74, 6) is 0.594. The van der Waals surface area contributed by atoms with Gasteiger partial charge in [-0.1, -0.05) is 51.1 Å². The molecule has 0 aromatic heterocycles. The lowest BCUT2D eigenvalue weighted by atomic mass is 10.0. The van der Waals surface area contributed by atoms with Crippen LogP contribution in [0.4, 0.5) is 5.69 Å². The van der Waals surface area contributed by atoms with Gasteiger partial charge in [0.1, 0.15) is 5.75 Å². The van der Waals surface area contributed by atoms with Crippen molar-refractivity contribution in [1.29, 1.82) is 0 Å². The Hall–Kier alpha value is -2.29. The van der Waals surface area contributed by atoms with Crippen molar-refractivity contribution >= 4 is 11.6 Å². The first-order valence-corrected chi connectivity index (χ1v) is 8.30. The number of hydrogen-bond donors (Lipinski definition) is 1. The zero-order valence-electron chi connectivity index (χ0n) is 14.2. The van der Waals surface area contributed by atoms with E-state index in [1.54, 1.807) is 0 Å². The predicted molar refractivity (Wildman–Crippen MR) is 95.1 cm³/mol. The number of benzene rings is 2. The quantitative estimate of drug-likeness (QED) is 0.823. The van der Waals surface area contributed by atoms with E-state index in [1.807, 2.05) is 30.3 Å². The summed E-state index contributed by atoms with van der Waals surface area (Å²) in [6.07, 6.45) is 2.78. The molecule has 0 radical (unpaired) electrons. The van der Waals surface area contributed by atoms with Crippen LogP contribution in [0.1, 0.15) is 37.5 Å². The van der Waals surface area contributed by atoms with Gasteiger partial charge in [-0.2, -0.15) is 0 Å². The second-order valence-electron chi connectivity index (χ2n) is 5.49. The smallest absolute Gasteiger partial charge is 0.262 e. The average Bonchev–Trinajstić information content (AvgIpc) is 2.60. The van der Waals surface area contributed by atoms with Crippen LogP contribution >= 0.6 is 0 Å². The molecule has 0 aliphatic rings. The molecular weight excluding hydrogens is 286 g/mol. The largest absolute Gasteiger partial charge is 0.484 e. The molecule has 3 heteroatoms. The standard InChI is InChI=1S/C20H25NO2/c1-4-15-10-12-18(13-11-15)23-14-19(22)21-20-16(5-2)8-7-9-17(20)6-3/h7-13H,4-6,14H2,1-3H3,(H,21,22). The van der Waals surface area contributed by atoms with Crippen LogP contribution in [-0.2, 0) is 24.1 Å². The van der Waals surface area contributed by atoms with Gasteiger partial charge in [0.15, 0.2) is 6.61 Å². The molecule has 0 saturated carbocycles. The van der Waals surface area contributed by atoms with Gasteiger partial charge in [0.2, 0.25) is 0 Å². The van der Waals surface area contributed by atoms with E-state index in [4.69, 9.17) is 4.74 Å². The molecule has 0 unspecified atom stereocenters. The molecule has 23 heavy (non-hydrogen) atoms. The van der Waals surface area contributed by atoms with Crippen molar-refractivity contribution in [2.75, 3.05) is 11.9 Å². The van der Waals surface area contributed by atoms with Crippen LogP contribution in [0.2, 0.25) is 0 Å². The fraction of sp³-hybridized carbons (Fsp3) is 0.350. The number of amides is 1. The first kappa shape index (κ1) is 17.1. The molecule has 0 spiro atoms. The van der Waals surface area contributed by atoms with Crippen molar-refractivity contribution in [2.45, 2.75) is 40.0 Å². The molecule has 2 aromatic rings. The van der Waals surface area contributed by atoms with Crippen LogP contribution in [0.15, 0.2) is 42.5 Å². The fourth-order valence-corrected chi connectivity index (χ4v) is 2.55. The van der Waals surface area contributed by atoms with Crippen molar-refractivity contribution < 1.29 is 9.53 Å². The number of aryl methyl sites for hydroxylation is 3. The molecule has 0 bridgehead atoms. The maximum absolute atomic E-state index is 12.2. The summed E-state index contributed by atoms with van der Waals surface area (Å²) in [4.78, 5) is 12.2. The molecule has 0 atom stereocenters. The lowest BCUT2D eigenvalue weighted by Crippen LogP contribution is -2.21. The lowest BCUT2D eigenvalue weighted by molar-refractivity contribution is -0.118.